The first-order valence-corrected chi connectivity index (χ1v) is 20.8. The molecule has 8 rings (SSSR count). The number of aromatic amines is 2. The van der Waals surface area contributed by atoms with Gasteiger partial charge in [0.05, 0.1) is 14.9 Å². The highest BCUT2D eigenvalue weighted by Gasteiger charge is 2.29. The summed E-state index contributed by atoms with van der Waals surface area (Å²) in [5.74, 6) is 0.821. The van der Waals surface area contributed by atoms with E-state index in [1.165, 1.54) is 23.5 Å². The Morgan fingerprint density at radius 3 is 1.24 bits per heavy atom. The number of imidazole rings is 2. The van der Waals surface area contributed by atoms with Crippen LogP contribution in [-0.2, 0) is 19.7 Å². The van der Waals surface area contributed by atoms with E-state index in [-0.39, 0.29) is 35.0 Å². The second kappa shape index (κ2) is 13.5. The largest absolute Gasteiger partial charge is 0.328 e. The number of benzene rings is 6. The van der Waals surface area contributed by atoms with E-state index in [1.807, 2.05) is 109 Å². The molecule has 8 aromatic rings. The van der Waals surface area contributed by atoms with Crippen LogP contribution in [0.2, 0.25) is 0 Å². The van der Waals surface area contributed by atoms with Crippen LogP contribution in [0.3, 0.4) is 0 Å². The van der Waals surface area contributed by atoms with Gasteiger partial charge < -0.3 is 9.97 Å². The first-order valence-electron chi connectivity index (χ1n) is 15.8. The zero-order valence-corrected chi connectivity index (χ0v) is 30.0. The molecule has 0 amide bonds. The number of nitrogens with one attached hydrogen (secondary N) is 2. The Balaban J connectivity index is 1.15. The molecular formula is C39H28N4O4S4. The molecule has 6 aromatic carbocycles. The monoisotopic (exact) mass is 744 g/mol. The van der Waals surface area contributed by atoms with Crippen molar-refractivity contribution in [2.45, 2.75) is 29.9 Å². The quantitative estimate of drug-likeness (QED) is 0.105. The topological polar surface area (TPSA) is 126 Å². The van der Waals surface area contributed by atoms with E-state index in [9.17, 15) is 16.8 Å². The molecular weight excluding hydrogens is 717 g/mol. The lowest BCUT2D eigenvalue weighted by atomic mass is 10.1. The lowest BCUT2D eigenvalue weighted by Crippen LogP contribution is -2.05. The van der Waals surface area contributed by atoms with Crippen molar-refractivity contribution in [3.05, 3.63) is 146 Å². The van der Waals surface area contributed by atoms with E-state index in [0.717, 1.165) is 32.7 Å². The summed E-state index contributed by atoms with van der Waals surface area (Å²) < 4.78 is 56.7. The Labute approximate surface area is 303 Å². The van der Waals surface area contributed by atoms with E-state index in [1.54, 1.807) is 36.4 Å². The predicted octanol–water partition coefficient (Wildman–Crippen LogP) is 9.28. The van der Waals surface area contributed by atoms with Gasteiger partial charge in [0.1, 0.15) is 21.7 Å². The van der Waals surface area contributed by atoms with Crippen LogP contribution in [0.1, 0.15) is 0 Å². The third-order valence-electron chi connectivity index (χ3n) is 8.36. The van der Waals surface area contributed by atoms with Gasteiger partial charge in [-0.3, -0.25) is 0 Å². The summed E-state index contributed by atoms with van der Waals surface area (Å²) in [6.07, 6.45) is 0. The van der Waals surface area contributed by atoms with Gasteiger partial charge in [-0.1, -0.05) is 145 Å². The van der Waals surface area contributed by atoms with E-state index in [4.69, 9.17) is 9.97 Å². The van der Waals surface area contributed by atoms with E-state index in [2.05, 4.69) is 9.97 Å². The lowest BCUT2D eigenvalue weighted by Gasteiger charge is -2.07. The van der Waals surface area contributed by atoms with Crippen molar-refractivity contribution in [1.29, 1.82) is 0 Å². The highest BCUT2D eigenvalue weighted by molar-refractivity contribution is 8.16. The molecule has 0 bridgehead atoms. The molecule has 0 aliphatic carbocycles. The number of hydrogen-bond acceptors (Lipinski definition) is 8. The van der Waals surface area contributed by atoms with Crippen molar-refractivity contribution in [1.82, 2.24) is 19.9 Å². The molecule has 2 heterocycles. The van der Waals surface area contributed by atoms with Crippen LogP contribution in [0.5, 0.6) is 0 Å². The number of H-pyrrole nitrogens is 2. The lowest BCUT2D eigenvalue weighted by molar-refractivity contribution is 0.589. The standard InChI is InChI=1S/C39H28N4O4S4/c44-50(45,32-21-19-26-11-7-9-17-30(26)23-32)38-36(40-34(42-38)28-13-3-1-4-14-28)48-25-49-37-39(43-35(41-37)29-15-5-2-6-16-29)51(46,47)33-22-20-27-12-8-10-18-31(27)24-33/h1-24H,25H2,(H,40,42)(H,41,43). The molecule has 2 N–H and O–H groups in total. The minimum atomic E-state index is -4.03. The number of rotatable bonds is 10. The van der Waals surface area contributed by atoms with Gasteiger partial charge in [0.25, 0.3) is 0 Å². The van der Waals surface area contributed by atoms with Crippen molar-refractivity contribution in [2.24, 2.45) is 0 Å². The molecule has 0 spiro atoms. The Bertz CT molecular complexity index is 2570. The van der Waals surface area contributed by atoms with Gasteiger partial charge in [-0.15, -0.1) is 0 Å². The van der Waals surface area contributed by atoms with Crippen molar-refractivity contribution in [3.8, 4) is 22.8 Å². The second-order valence-electron chi connectivity index (χ2n) is 11.6. The van der Waals surface area contributed by atoms with E-state index >= 15 is 0 Å². The van der Waals surface area contributed by atoms with Crippen molar-refractivity contribution >= 4 is 64.7 Å². The molecule has 0 radical (unpaired) electrons. The van der Waals surface area contributed by atoms with Crippen molar-refractivity contribution in [3.63, 3.8) is 0 Å². The Hall–Kier alpha value is -5.14. The van der Waals surface area contributed by atoms with Crippen LogP contribution in [0.4, 0.5) is 0 Å². The first-order chi connectivity index (χ1) is 24.8. The molecule has 0 aliphatic heterocycles. The third-order valence-corrected chi connectivity index (χ3v) is 14.1. The fraction of sp³-hybridized carbons (Fsp3) is 0.0256. The fourth-order valence-corrected chi connectivity index (χ4v) is 11.1. The van der Waals surface area contributed by atoms with Gasteiger partial charge in [0.2, 0.25) is 19.7 Å². The number of nitrogens with zero attached hydrogens (tertiary/aromatic N) is 2. The molecule has 0 saturated carbocycles. The molecule has 0 fully saturated rings. The van der Waals surface area contributed by atoms with Crippen LogP contribution >= 0.6 is 23.5 Å². The maximum atomic E-state index is 14.2. The summed E-state index contributed by atoms with van der Waals surface area (Å²) in [5.41, 5.74) is 1.46. The third kappa shape index (κ3) is 6.47. The van der Waals surface area contributed by atoms with Gasteiger partial charge in [-0.25, -0.2) is 26.8 Å². The first kappa shape index (κ1) is 33.0. The highest BCUT2D eigenvalue weighted by Crippen LogP contribution is 2.38. The van der Waals surface area contributed by atoms with Crippen LogP contribution in [0.15, 0.2) is 175 Å². The molecule has 0 atom stereocenters. The average Bonchev–Trinajstić information content (AvgIpc) is 3.81. The summed E-state index contributed by atoms with van der Waals surface area (Å²) in [5, 5.41) is 4.17. The zero-order valence-electron chi connectivity index (χ0n) is 26.7. The number of hydrogen-bond donors (Lipinski definition) is 2. The number of fused-ring (bicyclic) bond motifs is 2. The normalized spacial score (nSPS) is 12.1. The minimum Gasteiger partial charge on any atom is -0.328 e. The molecule has 2 aromatic heterocycles. The average molecular weight is 745 g/mol. The van der Waals surface area contributed by atoms with Gasteiger partial charge in [-0.05, 0) is 45.8 Å². The maximum absolute atomic E-state index is 14.2. The van der Waals surface area contributed by atoms with Gasteiger partial charge in [0.15, 0.2) is 10.1 Å². The Morgan fingerprint density at radius 1 is 0.451 bits per heavy atom. The second-order valence-corrected chi connectivity index (χ2v) is 17.7. The highest BCUT2D eigenvalue weighted by atomic mass is 32.2. The number of thioether (sulfide) groups is 2. The number of aromatic nitrogens is 4. The summed E-state index contributed by atoms with van der Waals surface area (Å²) in [4.78, 5) is 15.9. The molecule has 0 saturated heterocycles. The van der Waals surface area contributed by atoms with Gasteiger partial charge in [0, 0.05) is 11.1 Å². The molecule has 0 unspecified atom stereocenters. The van der Waals surface area contributed by atoms with Gasteiger partial charge in [-0.2, -0.15) is 0 Å². The van der Waals surface area contributed by atoms with Crippen LogP contribution < -0.4 is 0 Å². The van der Waals surface area contributed by atoms with Crippen molar-refractivity contribution < 1.29 is 16.8 Å². The molecule has 252 valence electrons. The predicted molar refractivity (Wildman–Crippen MR) is 203 cm³/mol. The molecule has 8 nitrogen and oxygen atoms in total. The summed E-state index contributed by atoms with van der Waals surface area (Å²) in [6, 6.07) is 43.9. The van der Waals surface area contributed by atoms with Crippen LogP contribution in [0, 0.1) is 0 Å². The molecule has 12 heteroatoms. The number of sulfone groups is 2. The Morgan fingerprint density at radius 2 is 0.824 bits per heavy atom. The van der Waals surface area contributed by atoms with Crippen LogP contribution in [0.25, 0.3) is 44.3 Å². The van der Waals surface area contributed by atoms with Gasteiger partial charge >= 0.3 is 0 Å². The maximum Gasteiger partial charge on any atom is 0.224 e. The summed E-state index contributed by atoms with van der Waals surface area (Å²) in [7, 11) is -8.05. The Kier molecular flexibility index (Phi) is 8.76. The van der Waals surface area contributed by atoms with E-state index in [0.29, 0.717) is 11.6 Å². The summed E-state index contributed by atoms with van der Waals surface area (Å²) >= 11 is 2.39. The van der Waals surface area contributed by atoms with Crippen molar-refractivity contribution in [2.75, 3.05) is 5.08 Å². The minimum absolute atomic E-state index is 0.0294. The smallest absolute Gasteiger partial charge is 0.224 e. The fourth-order valence-electron chi connectivity index (χ4n) is 5.75. The summed E-state index contributed by atoms with van der Waals surface area (Å²) in [6.45, 7) is 0. The zero-order chi connectivity index (χ0) is 35.0. The van der Waals surface area contributed by atoms with Crippen LogP contribution in [-0.4, -0.2) is 41.9 Å². The molecule has 51 heavy (non-hydrogen) atoms. The molecule has 0 aliphatic rings. The van der Waals surface area contributed by atoms with E-state index < -0.39 is 19.7 Å². The SMILES string of the molecule is O=S(=O)(c1ccc2ccccc2c1)c1[nH]c(-c2ccccc2)nc1SCSc1nc(-c2ccccc2)[nH]c1S(=O)(=O)c1ccc2ccccc2c1.